The fraction of sp³-hybridized carbons (Fsp3) is 0.667. The molecular formula is C18H30N5O8P. The van der Waals surface area contributed by atoms with E-state index < -0.39 is 56.3 Å². The fourth-order valence-corrected chi connectivity index (χ4v) is 4.02. The van der Waals surface area contributed by atoms with Crippen LogP contribution in [-0.4, -0.2) is 65.8 Å². The topological polar surface area (TPSA) is 187 Å². The maximum Gasteiger partial charge on any atom is 0.356 e. The van der Waals surface area contributed by atoms with Crippen molar-refractivity contribution in [2.24, 2.45) is 11.7 Å². The monoisotopic (exact) mass is 475 g/mol. The molecule has 1 fully saturated rings. The molecule has 14 heteroatoms. The molecule has 0 radical (unpaired) electrons. The van der Waals surface area contributed by atoms with Crippen LogP contribution in [0.3, 0.4) is 0 Å². The highest BCUT2D eigenvalue weighted by molar-refractivity contribution is 7.53. The third kappa shape index (κ3) is 7.38. The number of carbonyl (C=O) groups excluding carboxylic acids is 2. The van der Waals surface area contributed by atoms with Crippen LogP contribution in [0.5, 0.6) is 0 Å². The van der Waals surface area contributed by atoms with Gasteiger partial charge in [0.25, 0.3) is 0 Å². The number of rotatable bonds is 10. The third-order valence-corrected chi connectivity index (χ3v) is 6.12. The van der Waals surface area contributed by atoms with Crippen LogP contribution < -0.4 is 22.5 Å². The molecule has 32 heavy (non-hydrogen) atoms. The van der Waals surface area contributed by atoms with E-state index in [1.807, 2.05) is 0 Å². The van der Waals surface area contributed by atoms with Crippen molar-refractivity contribution in [1.82, 2.24) is 14.9 Å². The highest BCUT2D eigenvalue weighted by Gasteiger charge is 2.36. The van der Waals surface area contributed by atoms with Crippen molar-refractivity contribution in [2.45, 2.75) is 45.5 Å². The first-order valence-corrected chi connectivity index (χ1v) is 11.8. The number of hydrogen-bond acceptors (Lipinski definition) is 11. The van der Waals surface area contributed by atoms with E-state index in [4.69, 9.17) is 30.0 Å². The van der Waals surface area contributed by atoms with Crippen LogP contribution in [0.2, 0.25) is 0 Å². The zero-order valence-corrected chi connectivity index (χ0v) is 19.2. The second-order valence-corrected chi connectivity index (χ2v) is 9.49. The predicted molar refractivity (Wildman–Crippen MR) is 114 cm³/mol. The second-order valence-electron chi connectivity index (χ2n) is 7.49. The molecule has 0 saturated carbocycles. The Morgan fingerprint density at radius 2 is 2.16 bits per heavy atom. The number of amides is 1. The minimum atomic E-state index is -3.71. The van der Waals surface area contributed by atoms with Gasteiger partial charge in [0, 0.05) is 6.20 Å². The first-order valence-electron chi connectivity index (χ1n) is 10.1. The van der Waals surface area contributed by atoms with Gasteiger partial charge in [-0.2, -0.15) is 4.98 Å². The van der Waals surface area contributed by atoms with Crippen LogP contribution >= 0.6 is 7.60 Å². The molecule has 1 aromatic rings. The maximum absolute atomic E-state index is 12.8. The second kappa shape index (κ2) is 11.5. The molecule has 1 aliphatic heterocycles. The minimum Gasteiger partial charge on any atom is -0.464 e. The smallest absolute Gasteiger partial charge is 0.356 e. The van der Waals surface area contributed by atoms with Crippen molar-refractivity contribution in [3.05, 3.63) is 22.7 Å². The van der Waals surface area contributed by atoms with Gasteiger partial charge in [0.05, 0.1) is 32.4 Å². The van der Waals surface area contributed by atoms with Crippen molar-refractivity contribution in [1.29, 1.82) is 0 Å². The van der Waals surface area contributed by atoms with Gasteiger partial charge >= 0.3 is 19.3 Å². The van der Waals surface area contributed by atoms with Gasteiger partial charge in [-0.15, -0.1) is 0 Å². The molecule has 0 spiro atoms. The number of hydrogen-bond donors (Lipinski definition) is 3. The first-order chi connectivity index (χ1) is 15.0. The van der Waals surface area contributed by atoms with E-state index in [9.17, 15) is 18.9 Å². The number of ether oxygens (including phenoxy) is 2. The largest absolute Gasteiger partial charge is 0.464 e. The van der Waals surface area contributed by atoms with Crippen LogP contribution in [0.4, 0.5) is 5.82 Å². The average molecular weight is 475 g/mol. The number of nitrogen functional groups attached to an aromatic ring is 1. The molecule has 0 aromatic carbocycles. The van der Waals surface area contributed by atoms with E-state index in [0.717, 1.165) is 0 Å². The number of nitrogens with zero attached hydrogens (tertiary/aromatic N) is 2. The van der Waals surface area contributed by atoms with Crippen LogP contribution in [0.25, 0.3) is 0 Å². The predicted octanol–water partition coefficient (Wildman–Crippen LogP) is -0.561. The summed E-state index contributed by atoms with van der Waals surface area (Å²) < 4.78 is 35.2. The van der Waals surface area contributed by atoms with Crippen LogP contribution in [-0.2, 0) is 39.2 Å². The summed E-state index contributed by atoms with van der Waals surface area (Å²) in [6, 6.07) is -0.600. The number of esters is 1. The molecule has 180 valence electrons. The molecule has 1 aromatic heterocycles. The third-order valence-electron chi connectivity index (χ3n) is 4.57. The lowest BCUT2D eigenvalue weighted by atomic mass is 10.0. The lowest BCUT2D eigenvalue weighted by molar-refractivity contribution is -0.148. The normalized spacial score (nSPS) is 22.8. The molecule has 5 N–H and O–H groups in total. The van der Waals surface area contributed by atoms with E-state index in [1.165, 1.54) is 16.8 Å². The molecule has 2 heterocycles. The summed E-state index contributed by atoms with van der Waals surface area (Å²) in [4.78, 5) is 39.9. The number of nitrogens with one attached hydrogen (secondary N) is 1. The summed E-state index contributed by atoms with van der Waals surface area (Å²) in [6.07, 6.45) is 0.491. The van der Waals surface area contributed by atoms with Gasteiger partial charge < -0.3 is 35.3 Å². The Bertz CT molecular complexity index is 896. The van der Waals surface area contributed by atoms with E-state index in [1.54, 1.807) is 20.8 Å². The quantitative estimate of drug-likeness (QED) is 0.291. The molecule has 0 bridgehead atoms. The Balaban J connectivity index is 1.93. The van der Waals surface area contributed by atoms with Crippen molar-refractivity contribution < 1.29 is 32.7 Å². The number of carbonyl (C=O) groups is 2. The first kappa shape index (κ1) is 25.9. The van der Waals surface area contributed by atoms with E-state index in [-0.39, 0.29) is 31.5 Å². The molecule has 1 amide bonds. The molecule has 2 rings (SSSR count). The molecule has 1 aliphatic rings. The van der Waals surface area contributed by atoms with Crippen molar-refractivity contribution >= 4 is 25.3 Å². The van der Waals surface area contributed by atoms with E-state index >= 15 is 0 Å². The fourth-order valence-electron chi connectivity index (χ4n) is 2.63. The highest BCUT2D eigenvalue weighted by Crippen LogP contribution is 2.51. The van der Waals surface area contributed by atoms with Crippen LogP contribution in [0.15, 0.2) is 17.1 Å². The summed E-state index contributed by atoms with van der Waals surface area (Å²) in [7, 11) is -3.71. The molecule has 1 saturated heterocycles. The van der Waals surface area contributed by atoms with E-state index in [2.05, 4.69) is 10.3 Å². The Labute approximate surface area is 185 Å². The van der Waals surface area contributed by atoms with Gasteiger partial charge in [0.2, 0.25) is 5.91 Å². The standard InChI is InChI=1S/C18H30N5O8P/c1-4-28-17(25)13(21-16(24)15(20)11(2)3)9-31-32(27)10-29-12(8-30-32)7-23-6-5-14(19)22-18(23)26/h5-6,11-13,15H,4,7-10,20H2,1-3H3,(H,21,24)(H2,19,22,26)/t12-,13?,15?,32?/m0/s1. The number of aromatic nitrogens is 2. The van der Waals surface area contributed by atoms with Gasteiger partial charge in [0.15, 0.2) is 6.04 Å². The Morgan fingerprint density at radius 3 is 2.72 bits per heavy atom. The Kier molecular flexibility index (Phi) is 9.34. The number of anilines is 1. The van der Waals surface area contributed by atoms with Gasteiger partial charge in [-0.25, -0.2) is 9.59 Å². The lowest BCUT2D eigenvalue weighted by Crippen LogP contribution is -2.52. The minimum absolute atomic E-state index is 0.0831. The Hall–Kier alpha value is -2.31. The number of nitrogens with two attached hydrogens (primary N) is 2. The Morgan fingerprint density at radius 1 is 1.44 bits per heavy atom. The molecular weight excluding hydrogens is 445 g/mol. The molecule has 4 atom stereocenters. The van der Waals surface area contributed by atoms with Gasteiger partial charge in [-0.3, -0.25) is 13.9 Å². The zero-order chi connectivity index (χ0) is 23.9. The van der Waals surface area contributed by atoms with Gasteiger partial charge in [-0.1, -0.05) is 13.8 Å². The summed E-state index contributed by atoms with van der Waals surface area (Å²) in [5.41, 5.74) is 10.7. The maximum atomic E-state index is 12.8. The average Bonchev–Trinajstić information content (AvgIpc) is 2.74. The van der Waals surface area contributed by atoms with Crippen molar-refractivity contribution in [2.75, 3.05) is 31.9 Å². The lowest BCUT2D eigenvalue weighted by Gasteiger charge is -2.30. The SMILES string of the molecule is CCOC(=O)C(COP1(=O)CO[C@@H](Cn2ccc(N)nc2=O)CO1)NC(=O)C(N)C(C)C. The molecule has 13 nitrogen and oxygen atoms in total. The molecule has 0 aliphatic carbocycles. The van der Waals surface area contributed by atoms with Crippen molar-refractivity contribution in [3.63, 3.8) is 0 Å². The van der Waals surface area contributed by atoms with Crippen LogP contribution in [0.1, 0.15) is 20.8 Å². The summed E-state index contributed by atoms with van der Waals surface area (Å²) in [5, 5.41) is 2.46. The van der Waals surface area contributed by atoms with Crippen molar-refractivity contribution in [3.8, 4) is 0 Å². The summed E-state index contributed by atoms with van der Waals surface area (Å²) >= 11 is 0. The summed E-state index contributed by atoms with van der Waals surface area (Å²) in [5.74, 6) is -1.38. The van der Waals surface area contributed by atoms with E-state index in [0.29, 0.717) is 0 Å². The van der Waals surface area contributed by atoms with Gasteiger partial charge in [0.1, 0.15) is 18.3 Å². The zero-order valence-electron chi connectivity index (χ0n) is 18.3. The molecule has 3 unspecified atom stereocenters. The van der Waals surface area contributed by atoms with Crippen LogP contribution in [0, 0.1) is 5.92 Å². The summed E-state index contributed by atoms with van der Waals surface area (Å²) in [6.45, 7) is 4.75. The van der Waals surface area contributed by atoms with Gasteiger partial charge in [-0.05, 0) is 18.9 Å². The highest BCUT2D eigenvalue weighted by atomic mass is 31.2.